The molecule has 51 heavy (non-hydrogen) atoms. The minimum absolute atomic E-state index is 0.0451. The number of amides is 2. The van der Waals surface area contributed by atoms with Crippen LogP contribution in [0.2, 0.25) is 5.02 Å². The fourth-order valence-corrected chi connectivity index (χ4v) is 5.96. The summed E-state index contributed by atoms with van der Waals surface area (Å²) in [5.41, 5.74) is 1.64. The summed E-state index contributed by atoms with van der Waals surface area (Å²) in [6.07, 6.45) is -1.21. The van der Waals surface area contributed by atoms with E-state index in [0.717, 1.165) is 24.5 Å². The molecule has 0 saturated carbocycles. The molecule has 0 saturated heterocycles. The molecule has 6 heterocycles. The first-order valence-electron chi connectivity index (χ1n) is 16.0. The SMILES string of the molecule is CC.Cc1oc2c(c1C(=O)Nc1cccc(C(F)(F)F)c1)C1=NCCN1C=N2.Cc1oc2c(c1C(=O)Nc1cccc(Cl)c1)C1=NCCN1C=N2. The number of fused-ring (bicyclic) bond motifs is 6. The first-order valence-corrected chi connectivity index (χ1v) is 16.4. The summed E-state index contributed by atoms with van der Waals surface area (Å²) < 4.78 is 49.7. The molecule has 4 aliphatic rings. The first-order chi connectivity index (χ1) is 24.5. The Labute approximate surface area is 295 Å². The number of hydrogen-bond donors (Lipinski definition) is 2. The Hall–Kier alpha value is -5.70. The molecular weight excluding hydrogens is 689 g/mol. The van der Waals surface area contributed by atoms with E-state index in [1.807, 2.05) is 18.7 Å². The topological polar surface area (TPSA) is 140 Å². The maximum absolute atomic E-state index is 12.9. The van der Waals surface area contributed by atoms with Crippen molar-refractivity contribution in [1.82, 2.24) is 9.80 Å². The normalized spacial score (nSPS) is 14.9. The van der Waals surface area contributed by atoms with Gasteiger partial charge in [-0.15, -0.1) is 0 Å². The quantitative estimate of drug-likeness (QED) is 0.220. The minimum atomic E-state index is -4.49. The van der Waals surface area contributed by atoms with Crippen LogP contribution in [0.25, 0.3) is 0 Å². The highest BCUT2D eigenvalue weighted by atomic mass is 35.5. The van der Waals surface area contributed by atoms with E-state index < -0.39 is 17.6 Å². The van der Waals surface area contributed by atoms with Gasteiger partial charge >= 0.3 is 6.18 Å². The van der Waals surface area contributed by atoms with Gasteiger partial charge in [0.05, 0.1) is 40.9 Å². The maximum Gasteiger partial charge on any atom is 0.416 e. The number of nitrogens with one attached hydrogen (secondary N) is 2. The second-order valence-corrected chi connectivity index (χ2v) is 11.6. The number of benzene rings is 2. The molecule has 12 nitrogen and oxygen atoms in total. The van der Waals surface area contributed by atoms with E-state index in [2.05, 4.69) is 30.6 Å². The Kier molecular flexibility index (Phi) is 9.83. The number of carbonyl (C=O) groups is 2. The first kappa shape index (κ1) is 35.1. The number of hydrogen-bond acceptors (Lipinski definition) is 10. The van der Waals surface area contributed by atoms with Crippen LogP contribution in [0.1, 0.15) is 62.8 Å². The van der Waals surface area contributed by atoms with Crippen LogP contribution in [0, 0.1) is 13.8 Å². The van der Waals surface area contributed by atoms with Crippen molar-refractivity contribution < 1.29 is 31.6 Å². The number of amidine groups is 2. The Balaban J connectivity index is 0.000000169. The van der Waals surface area contributed by atoms with Crippen LogP contribution < -0.4 is 10.6 Å². The number of aryl methyl sites for hydroxylation is 2. The summed E-state index contributed by atoms with van der Waals surface area (Å²) in [5, 5.41) is 5.91. The van der Waals surface area contributed by atoms with Crippen molar-refractivity contribution in [3.05, 3.63) is 92.9 Å². The van der Waals surface area contributed by atoms with E-state index in [1.54, 1.807) is 55.7 Å². The largest absolute Gasteiger partial charge is 0.442 e. The molecule has 0 aliphatic carbocycles. The van der Waals surface area contributed by atoms with Crippen LogP contribution in [0.5, 0.6) is 0 Å². The predicted octanol–water partition coefficient (Wildman–Crippen LogP) is 7.85. The smallest absolute Gasteiger partial charge is 0.416 e. The summed E-state index contributed by atoms with van der Waals surface area (Å²) in [6.45, 7) is 10.0. The number of anilines is 2. The number of nitrogens with zero attached hydrogens (tertiary/aromatic N) is 6. The van der Waals surface area contributed by atoms with Gasteiger partial charge in [-0.1, -0.05) is 37.6 Å². The third kappa shape index (κ3) is 7.01. The zero-order valence-electron chi connectivity index (χ0n) is 27.9. The lowest BCUT2D eigenvalue weighted by Gasteiger charge is -2.18. The van der Waals surface area contributed by atoms with E-state index in [4.69, 9.17) is 20.4 Å². The van der Waals surface area contributed by atoms with Crippen LogP contribution in [0.15, 0.2) is 77.3 Å². The third-order valence-electron chi connectivity index (χ3n) is 7.94. The highest BCUT2D eigenvalue weighted by Crippen LogP contribution is 2.37. The Bertz CT molecular complexity index is 2130. The Morgan fingerprint density at radius 1 is 0.765 bits per heavy atom. The van der Waals surface area contributed by atoms with E-state index in [9.17, 15) is 22.8 Å². The summed E-state index contributed by atoms with van der Waals surface area (Å²) in [6, 6.07) is 11.5. The molecule has 8 rings (SSSR count). The molecule has 2 amide bonds. The Morgan fingerprint density at radius 2 is 1.24 bits per heavy atom. The fourth-order valence-electron chi connectivity index (χ4n) is 5.77. The minimum Gasteiger partial charge on any atom is -0.442 e. The molecule has 2 aromatic heterocycles. The molecule has 2 aromatic carbocycles. The van der Waals surface area contributed by atoms with Gasteiger partial charge in [-0.25, -0.2) is 9.98 Å². The van der Waals surface area contributed by atoms with Crippen LogP contribution in [0.4, 0.5) is 36.3 Å². The molecule has 0 spiro atoms. The Morgan fingerprint density at radius 3 is 1.71 bits per heavy atom. The van der Waals surface area contributed by atoms with Gasteiger partial charge in [0.1, 0.15) is 35.9 Å². The van der Waals surface area contributed by atoms with Crippen molar-refractivity contribution in [1.29, 1.82) is 0 Å². The van der Waals surface area contributed by atoms with Crippen molar-refractivity contribution in [3.63, 3.8) is 0 Å². The molecule has 4 aromatic rings. The number of alkyl halides is 3. The lowest BCUT2D eigenvalue weighted by atomic mass is 10.1. The van der Waals surface area contributed by atoms with Gasteiger partial charge in [0, 0.05) is 29.5 Å². The lowest BCUT2D eigenvalue weighted by molar-refractivity contribution is -0.137. The van der Waals surface area contributed by atoms with Gasteiger partial charge in [0.25, 0.3) is 11.8 Å². The zero-order chi connectivity index (χ0) is 36.4. The molecular formula is C35H32ClF3N8O4. The molecule has 0 unspecified atom stereocenters. The molecule has 0 bridgehead atoms. The molecule has 16 heteroatoms. The number of halogens is 4. The average molecular weight is 721 g/mol. The van der Waals surface area contributed by atoms with Gasteiger partial charge < -0.3 is 29.3 Å². The predicted molar refractivity (Wildman–Crippen MR) is 190 cm³/mol. The van der Waals surface area contributed by atoms with Gasteiger partial charge in [-0.05, 0) is 50.2 Å². The lowest BCUT2D eigenvalue weighted by Crippen LogP contribution is -2.30. The third-order valence-corrected chi connectivity index (χ3v) is 8.18. The fraction of sp³-hybridized carbons (Fsp3) is 0.257. The van der Waals surface area contributed by atoms with Gasteiger partial charge in [-0.2, -0.15) is 13.2 Å². The van der Waals surface area contributed by atoms with E-state index >= 15 is 0 Å². The maximum atomic E-state index is 12.9. The highest BCUT2D eigenvalue weighted by Gasteiger charge is 2.35. The standard InChI is InChI=1S/C17H13F3N4O2.C16H13ClN4O2.C2H6/c1-9-12(13-14-21-5-6-24(14)8-22-16(13)26-9)15(25)23-11-4-2-3-10(7-11)17(18,19)20;1-9-12(15(22)20-11-4-2-3-10(17)7-11)13-14-18-5-6-21(14)8-19-16(13)23-9;1-2/h2-4,7-8H,5-6H2,1H3,(H,23,25);2-4,7-8H,5-6H2,1H3,(H,20,22);1-2H3. The van der Waals surface area contributed by atoms with Crippen molar-refractivity contribution >= 4 is 70.9 Å². The average Bonchev–Trinajstić information content (AvgIpc) is 3.89. The summed E-state index contributed by atoms with van der Waals surface area (Å²) in [4.78, 5) is 46.5. The summed E-state index contributed by atoms with van der Waals surface area (Å²) >= 11 is 5.96. The van der Waals surface area contributed by atoms with Gasteiger partial charge in [0.2, 0.25) is 11.8 Å². The summed E-state index contributed by atoms with van der Waals surface area (Å²) in [7, 11) is 0. The van der Waals surface area contributed by atoms with Crippen LogP contribution in [0.3, 0.4) is 0 Å². The van der Waals surface area contributed by atoms with Crippen LogP contribution in [-0.4, -0.2) is 72.1 Å². The molecule has 0 atom stereocenters. The van der Waals surface area contributed by atoms with Crippen molar-refractivity contribution in [3.8, 4) is 0 Å². The molecule has 0 radical (unpaired) electrons. The summed E-state index contributed by atoms with van der Waals surface area (Å²) in [5.74, 6) is 2.03. The van der Waals surface area contributed by atoms with Crippen LogP contribution in [-0.2, 0) is 6.18 Å². The number of rotatable bonds is 4. The number of furan rings is 2. The van der Waals surface area contributed by atoms with Gasteiger partial charge in [0.15, 0.2) is 0 Å². The highest BCUT2D eigenvalue weighted by molar-refractivity contribution is 6.31. The van der Waals surface area contributed by atoms with Crippen LogP contribution >= 0.6 is 11.6 Å². The molecule has 0 fully saturated rings. The number of carbonyl (C=O) groups excluding carboxylic acids is 2. The molecule has 264 valence electrons. The second-order valence-electron chi connectivity index (χ2n) is 11.2. The monoisotopic (exact) mass is 720 g/mol. The van der Waals surface area contributed by atoms with Crippen molar-refractivity contribution in [2.24, 2.45) is 20.0 Å². The molecule has 2 N–H and O–H groups in total. The molecule has 4 aliphatic heterocycles. The number of aliphatic imine (C=N–C) groups is 4. The van der Waals surface area contributed by atoms with E-state index in [1.165, 1.54) is 12.1 Å². The van der Waals surface area contributed by atoms with E-state index in [-0.39, 0.29) is 23.0 Å². The van der Waals surface area contributed by atoms with E-state index in [0.29, 0.717) is 70.3 Å². The van der Waals surface area contributed by atoms with Crippen molar-refractivity contribution in [2.75, 3.05) is 36.8 Å². The zero-order valence-corrected chi connectivity index (χ0v) is 28.7. The van der Waals surface area contributed by atoms with Crippen molar-refractivity contribution in [2.45, 2.75) is 33.9 Å². The van der Waals surface area contributed by atoms with Gasteiger partial charge in [-0.3, -0.25) is 19.6 Å². The second kappa shape index (κ2) is 14.3.